The summed E-state index contributed by atoms with van der Waals surface area (Å²) in [5.74, 6) is 3.89. The molecule has 1 aliphatic rings. The lowest BCUT2D eigenvalue weighted by molar-refractivity contribution is -0.159. The van der Waals surface area contributed by atoms with Crippen molar-refractivity contribution in [1.82, 2.24) is 5.32 Å². The third-order valence-electron chi connectivity index (χ3n) is 3.75. The fourth-order valence-corrected chi connectivity index (χ4v) is 2.37. The van der Waals surface area contributed by atoms with Crippen molar-refractivity contribution in [1.29, 1.82) is 0 Å². The normalized spacial score (nSPS) is 15.3. The Hall–Kier alpha value is -2.56. The maximum Gasteiger partial charge on any atom is 0.414 e. The van der Waals surface area contributed by atoms with Gasteiger partial charge < -0.3 is 19.7 Å². The number of benzene rings is 1. The van der Waals surface area contributed by atoms with E-state index in [1.165, 1.54) is 11.1 Å². The molecule has 1 unspecified atom stereocenters. The summed E-state index contributed by atoms with van der Waals surface area (Å²) in [5.41, 5.74) is 2.45. The minimum Gasteiger partial charge on any atom is -0.481 e. The van der Waals surface area contributed by atoms with Gasteiger partial charge in [-0.2, -0.15) is 0 Å². The number of aliphatic carboxylic acids is 2. The molecule has 0 saturated carbocycles. The molecule has 0 amide bonds. The summed E-state index contributed by atoms with van der Waals surface area (Å²) in [6.07, 6.45) is 2.41. The molecule has 0 spiro atoms. The third kappa shape index (κ3) is 9.08. The van der Waals surface area contributed by atoms with Gasteiger partial charge in [-0.05, 0) is 42.9 Å². The van der Waals surface area contributed by atoms with E-state index >= 15 is 0 Å². The number of rotatable bonds is 5. The highest BCUT2D eigenvalue weighted by molar-refractivity contribution is 6.27. The Morgan fingerprint density at radius 2 is 2.00 bits per heavy atom. The predicted molar refractivity (Wildman–Crippen MR) is 101 cm³/mol. The van der Waals surface area contributed by atoms with Crippen LogP contribution in [0.25, 0.3) is 0 Å². The van der Waals surface area contributed by atoms with E-state index in [4.69, 9.17) is 29.3 Å². The van der Waals surface area contributed by atoms with E-state index in [-0.39, 0.29) is 6.23 Å². The van der Waals surface area contributed by atoms with Crippen LogP contribution >= 0.6 is 0 Å². The molecule has 1 atom stereocenters. The Morgan fingerprint density at radius 3 is 2.56 bits per heavy atom. The second kappa shape index (κ2) is 11.9. The number of carbonyl (C=O) groups is 2. The molecule has 0 aliphatic carbocycles. The molecule has 27 heavy (non-hydrogen) atoms. The van der Waals surface area contributed by atoms with Gasteiger partial charge in [-0.15, -0.1) is 0 Å². The summed E-state index contributed by atoms with van der Waals surface area (Å²) in [7, 11) is 0. The molecule has 0 aromatic heterocycles. The lowest BCUT2D eigenvalue weighted by Crippen LogP contribution is -2.28. The lowest BCUT2D eigenvalue weighted by Gasteiger charge is -2.13. The topological polar surface area (TPSA) is 105 Å². The Labute approximate surface area is 159 Å². The summed E-state index contributed by atoms with van der Waals surface area (Å²) in [6.45, 7) is 8.37. The largest absolute Gasteiger partial charge is 0.481 e. The molecule has 1 aliphatic heterocycles. The predicted octanol–water partition coefficient (Wildman–Crippen LogP) is 2.38. The monoisotopic (exact) mass is 377 g/mol. The Morgan fingerprint density at radius 1 is 1.30 bits per heavy atom. The van der Waals surface area contributed by atoms with Gasteiger partial charge in [0.25, 0.3) is 0 Å². The van der Waals surface area contributed by atoms with Gasteiger partial charge in [-0.3, -0.25) is 5.32 Å². The zero-order chi connectivity index (χ0) is 20.2. The summed E-state index contributed by atoms with van der Waals surface area (Å²) in [5, 5.41) is 18.1. The van der Waals surface area contributed by atoms with Crippen molar-refractivity contribution in [2.24, 2.45) is 0 Å². The number of ether oxygens (including phenoxy) is 2. The van der Waals surface area contributed by atoms with Crippen molar-refractivity contribution in [3.05, 3.63) is 29.3 Å². The molecule has 2 rings (SSSR count). The van der Waals surface area contributed by atoms with E-state index in [0.717, 1.165) is 25.2 Å². The smallest absolute Gasteiger partial charge is 0.414 e. The van der Waals surface area contributed by atoms with Crippen LogP contribution in [0, 0.1) is 18.8 Å². The van der Waals surface area contributed by atoms with Crippen molar-refractivity contribution < 1.29 is 29.3 Å². The van der Waals surface area contributed by atoms with Crippen LogP contribution in [0.3, 0.4) is 0 Å². The van der Waals surface area contributed by atoms with Gasteiger partial charge in [0.2, 0.25) is 0 Å². The van der Waals surface area contributed by atoms with Crippen molar-refractivity contribution >= 4 is 11.9 Å². The van der Waals surface area contributed by atoms with Crippen molar-refractivity contribution in [2.75, 3.05) is 19.8 Å². The number of hydrogen-bond donors (Lipinski definition) is 3. The first-order chi connectivity index (χ1) is 12.8. The van der Waals surface area contributed by atoms with Gasteiger partial charge in [0.05, 0.1) is 6.54 Å². The van der Waals surface area contributed by atoms with Crippen LogP contribution < -0.4 is 10.1 Å². The average Bonchev–Trinajstić information content (AvgIpc) is 3.11. The number of aryl methyl sites for hydroxylation is 1. The van der Waals surface area contributed by atoms with Crippen LogP contribution in [0.15, 0.2) is 18.2 Å². The van der Waals surface area contributed by atoms with Gasteiger partial charge in [0.15, 0.2) is 0 Å². The summed E-state index contributed by atoms with van der Waals surface area (Å²) >= 11 is 0. The zero-order valence-electron chi connectivity index (χ0n) is 15.9. The van der Waals surface area contributed by atoms with Gasteiger partial charge in [0, 0.05) is 6.61 Å². The first-order valence-electron chi connectivity index (χ1n) is 8.81. The SMILES string of the molecule is Cc1ccc(C(C)C)c(OCC#CCNC2CCCO2)c1.O=C(O)C(=O)O. The minimum atomic E-state index is -1.82. The lowest BCUT2D eigenvalue weighted by atomic mass is 10.0. The van der Waals surface area contributed by atoms with E-state index in [0.29, 0.717) is 19.1 Å². The number of carboxylic acid groups (broad SMARTS) is 2. The summed E-state index contributed by atoms with van der Waals surface area (Å²) < 4.78 is 11.3. The molecule has 0 radical (unpaired) electrons. The third-order valence-corrected chi connectivity index (χ3v) is 3.75. The van der Waals surface area contributed by atoms with Crippen LogP contribution in [-0.4, -0.2) is 48.1 Å². The van der Waals surface area contributed by atoms with Gasteiger partial charge in [0.1, 0.15) is 18.6 Å². The number of hydrogen-bond acceptors (Lipinski definition) is 5. The van der Waals surface area contributed by atoms with Crippen molar-refractivity contribution in [3.63, 3.8) is 0 Å². The first-order valence-corrected chi connectivity index (χ1v) is 8.81. The molecule has 1 saturated heterocycles. The molecular weight excluding hydrogens is 350 g/mol. The molecule has 1 aromatic carbocycles. The van der Waals surface area contributed by atoms with E-state index in [9.17, 15) is 0 Å². The fraction of sp³-hybridized carbons (Fsp3) is 0.500. The van der Waals surface area contributed by atoms with Gasteiger partial charge in [-0.25, -0.2) is 9.59 Å². The van der Waals surface area contributed by atoms with Crippen molar-refractivity contribution in [3.8, 4) is 17.6 Å². The fourth-order valence-electron chi connectivity index (χ4n) is 2.37. The summed E-state index contributed by atoms with van der Waals surface area (Å²) in [4.78, 5) is 18.2. The Kier molecular flexibility index (Phi) is 9.94. The van der Waals surface area contributed by atoms with Crippen LogP contribution in [0.1, 0.15) is 43.7 Å². The molecule has 148 valence electrons. The van der Waals surface area contributed by atoms with E-state index < -0.39 is 11.9 Å². The highest BCUT2D eigenvalue weighted by atomic mass is 16.5. The molecule has 7 nitrogen and oxygen atoms in total. The Balaban J connectivity index is 0.000000527. The quantitative estimate of drug-likeness (QED) is 0.534. The standard InChI is InChI=1S/C18H25NO2.C2H2O4/c1-14(2)16-9-8-15(3)13-17(16)20-11-5-4-10-19-18-7-6-12-21-18;3-1(4)2(5)6/h8-9,13-14,18-19H,6-7,10-12H2,1-3H3;(H,3,4)(H,5,6). The molecule has 1 aromatic rings. The van der Waals surface area contributed by atoms with Crippen LogP contribution in [0.5, 0.6) is 5.75 Å². The van der Waals surface area contributed by atoms with E-state index in [1.807, 2.05) is 0 Å². The van der Waals surface area contributed by atoms with E-state index in [2.05, 4.69) is 56.1 Å². The molecule has 1 heterocycles. The molecule has 3 N–H and O–H groups in total. The van der Waals surface area contributed by atoms with Gasteiger partial charge in [-0.1, -0.05) is 37.8 Å². The molecule has 7 heteroatoms. The highest BCUT2D eigenvalue weighted by Gasteiger charge is 2.13. The van der Waals surface area contributed by atoms with Gasteiger partial charge >= 0.3 is 11.9 Å². The maximum absolute atomic E-state index is 9.10. The first kappa shape index (κ1) is 22.5. The molecule has 0 bridgehead atoms. The van der Waals surface area contributed by atoms with Crippen LogP contribution in [0.4, 0.5) is 0 Å². The minimum absolute atomic E-state index is 0.185. The van der Waals surface area contributed by atoms with E-state index in [1.54, 1.807) is 0 Å². The van der Waals surface area contributed by atoms with Crippen molar-refractivity contribution in [2.45, 2.75) is 45.8 Å². The maximum atomic E-state index is 9.10. The molecule has 1 fully saturated rings. The Bertz CT molecular complexity index is 671. The van der Waals surface area contributed by atoms with Crippen LogP contribution in [-0.2, 0) is 14.3 Å². The average molecular weight is 377 g/mol. The second-order valence-electron chi connectivity index (χ2n) is 6.33. The highest BCUT2D eigenvalue weighted by Crippen LogP contribution is 2.27. The summed E-state index contributed by atoms with van der Waals surface area (Å²) in [6, 6.07) is 6.35. The zero-order valence-corrected chi connectivity index (χ0v) is 15.9. The second-order valence-corrected chi connectivity index (χ2v) is 6.33. The number of nitrogens with one attached hydrogen (secondary N) is 1. The van der Waals surface area contributed by atoms with Crippen LogP contribution in [0.2, 0.25) is 0 Å². The number of carboxylic acids is 2. The molecular formula is C20H27NO6.